The molecule has 0 aliphatic carbocycles. The minimum Gasteiger partial charge on any atom is -0.493 e. The third-order valence-corrected chi connectivity index (χ3v) is 4.04. The van der Waals surface area contributed by atoms with Gasteiger partial charge in [0.25, 0.3) is 0 Å². The summed E-state index contributed by atoms with van der Waals surface area (Å²) in [6.07, 6.45) is -0.402. The third-order valence-electron chi connectivity index (χ3n) is 3.39. The number of ether oxygens (including phenoxy) is 2. The lowest BCUT2D eigenvalue weighted by Crippen LogP contribution is -2.23. The van der Waals surface area contributed by atoms with E-state index < -0.39 is 6.10 Å². The average molecular weight is 370 g/mol. The van der Waals surface area contributed by atoms with Crippen LogP contribution in [-0.2, 0) is 13.2 Å². The number of methoxy groups -OCH3 is 1. The first-order valence-corrected chi connectivity index (χ1v) is 8.38. The fraction of sp³-hybridized carbons (Fsp3) is 0.333. The normalized spacial score (nSPS) is 12.0. The van der Waals surface area contributed by atoms with Gasteiger partial charge in [0.05, 0.1) is 18.2 Å². The summed E-state index contributed by atoms with van der Waals surface area (Å²) in [7, 11) is 1.57. The summed E-state index contributed by atoms with van der Waals surface area (Å²) >= 11 is 12.5. The predicted octanol–water partition coefficient (Wildman–Crippen LogP) is 4.05. The van der Waals surface area contributed by atoms with E-state index in [1.165, 1.54) is 0 Å². The molecule has 2 aromatic carbocycles. The lowest BCUT2D eigenvalue weighted by atomic mass is 10.2. The van der Waals surface area contributed by atoms with Gasteiger partial charge in [0, 0.05) is 23.7 Å². The van der Waals surface area contributed by atoms with Crippen LogP contribution in [0.1, 0.15) is 18.1 Å². The van der Waals surface area contributed by atoms with E-state index in [-0.39, 0.29) is 0 Å². The number of rotatable bonds is 8. The highest BCUT2D eigenvalue weighted by Crippen LogP contribution is 2.37. The van der Waals surface area contributed by atoms with Gasteiger partial charge < -0.3 is 19.9 Å². The van der Waals surface area contributed by atoms with Gasteiger partial charge in [-0.05, 0) is 30.7 Å². The van der Waals surface area contributed by atoms with Crippen molar-refractivity contribution in [2.45, 2.75) is 26.2 Å². The summed E-state index contributed by atoms with van der Waals surface area (Å²) in [6, 6.07) is 11.2. The van der Waals surface area contributed by atoms with Crippen LogP contribution in [0, 0.1) is 0 Å². The molecule has 4 nitrogen and oxygen atoms in total. The van der Waals surface area contributed by atoms with E-state index in [9.17, 15) is 5.11 Å². The Morgan fingerprint density at radius 1 is 1.17 bits per heavy atom. The number of nitrogens with one attached hydrogen (secondary N) is 1. The fourth-order valence-electron chi connectivity index (χ4n) is 2.21. The summed E-state index contributed by atoms with van der Waals surface area (Å²) in [5, 5.41) is 13.5. The maximum Gasteiger partial charge on any atom is 0.180 e. The molecular weight excluding hydrogens is 349 g/mol. The van der Waals surface area contributed by atoms with Gasteiger partial charge in [0.2, 0.25) is 0 Å². The Balaban J connectivity index is 2.10. The molecule has 0 aliphatic heterocycles. The Morgan fingerprint density at radius 3 is 2.58 bits per heavy atom. The van der Waals surface area contributed by atoms with Gasteiger partial charge in [0.1, 0.15) is 6.61 Å². The van der Waals surface area contributed by atoms with Crippen LogP contribution in [0.5, 0.6) is 11.5 Å². The lowest BCUT2D eigenvalue weighted by molar-refractivity contribution is 0.191. The molecule has 0 saturated carbocycles. The molecule has 0 radical (unpaired) electrons. The molecule has 2 N–H and O–H groups in total. The minimum atomic E-state index is -0.402. The number of aliphatic hydroxyl groups excluding tert-OH is 1. The van der Waals surface area contributed by atoms with Crippen LogP contribution in [0.25, 0.3) is 0 Å². The highest BCUT2D eigenvalue weighted by Gasteiger charge is 2.13. The van der Waals surface area contributed by atoms with Crippen molar-refractivity contribution in [3.05, 3.63) is 57.6 Å². The molecule has 6 heteroatoms. The van der Waals surface area contributed by atoms with Crippen molar-refractivity contribution in [1.29, 1.82) is 0 Å². The fourth-order valence-corrected chi connectivity index (χ4v) is 2.68. The molecule has 0 aliphatic rings. The maximum atomic E-state index is 9.29. The van der Waals surface area contributed by atoms with Gasteiger partial charge in [-0.15, -0.1) is 0 Å². The van der Waals surface area contributed by atoms with E-state index in [0.717, 1.165) is 11.1 Å². The molecule has 0 heterocycles. The van der Waals surface area contributed by atoms with Crippen LogP contribution >= 0.6 is 23.2 Å². The predicted molar refractivity (Wildman–Crippen MR) is 97.2 cm³/mol. The molecule has 24 heavy (non-hydrogen) atoms. The standard InChI is InChI=1S/C18H21Cl2NO3/c1-12(22)9-21-10-13-7-16(20)18(17(8-13)23-2)24-11-14-5-3-4-6-15(14)19/h3-8,12,21-22H,9-11H2,1-2H3/t12-/m1/s1. The average Bonchev–Trinajstić information content (AvgIpc) is 2.54. The Bertz CT molecular complexity index is 677. The van der Waals surface area contributed by atoms with E-state index in [1.54, 1.807) is 14.0 Å². The van der Waals surface area contributed by atoms with Crippen molar-refractivity contribution in [1.82, 2.24) is 5.32 Å². The maximum absolute atomic E-state index is 9.29. The molecule has 0 saturated heterocycles. The van der Waals surface area contributed by atoms with Crippen LogP contribution in [0.2, 0.25) is 10.0 Å². The topological polar surface area (TPSA) is 50.7 Å². The van der Waals surface area contributed by atoms with Crippen molar-refractivity contribution >= 4 is 23.2 Å². The second-order valence-corrected chi connectivity index (χ2v) is 6.28. The van der Waals surface area contributed by atoms with Gasteiger partial charge in [-0.3, -0.25) is 0 Å². The van der Waals surface area contributed by atoms with Crippen molar-refractivity contribution in [3.63, 3.8) is 0 Å². The summed E-state index contributed by atoms with van der Waals surface area (Å²) in [5.41, 5.74) is 1.82. The van der Waals surface area contributed by atoms with Gasteiger partial charge in [-0.25, -0.2) is 0 Å². The van der Waals surface area contributed by atoms with Crippen molar-refractivity contribution in [2.24, 2.45) is 0 Å². The lowest BCUT2D eigenvalue weighted by Gasteiger charge is -2.15. The number of benzene rings is 2. The van der Waals surface area contributed by atoms with E-state index in [4.69, 9.17) is 32.7 Å². The van der Waals surface area contributed by atoms with Crippen LogP contribution in [0.4, 0.5) is 0 Å². The quantitative estimate of drug-likeness (QED) is 0.736. The van der Waals surface area contributed by atoms with Crippen LogP contribution in [0.15, 0.2) is 36.4 Å². The summed E-state index contributed by atoms with van der Waals surface area (Å²) in [6.45, 7) is 3.11. The monoisotopic (exact) mass is 369 g/mol. The second kappa shape index (κ2) is 9.14. The molecule has 1 atom stereocenters. The molecule has 0 aromatic heterocycles. The minimum absolute atomic E-state index is 0.301. The first-order chi connectivity index (χ1) is 11.5. The zero-order chi connectivity index (χ0) is 17.5. The van der Waals surface area contributed by atoms with E-state index in [2.05, 4.69) is 5.32 Å². The molecule has 0 bridgehead atoms. The van der Waals surface area contributed by atoms with Crippen LogP contribution < -0.4 is 14.8 Å². The van der Waals surface area contributed by atoms with Crippen molar-refractivity contribution < 1.29 is 14.6 Å². The first-order valence-electron chi connectivity index (χ1n) is 7.62. The van der Waals surface area contributed by atoms with E-state index in [0.29, 0.717) is 41.2 Å². The molecule has 0 spiro atoms. The second-order valence-electron chi connectivity index (χ2n) is 5.47. The zero-order valence-electron chi connectivity index (χ0n) is 13.7. The van der Waals surface area contributed by atoms with Crippen molar-refractivity contribution in [2.75, 3.05) is 13.7 Å². The van der Waals surface area contributed by atoms with Gasteiger partial charge in [-0.1, -0.05) is 41.4 Å². The summed E-state index contributed by atoms with van der Waals surface area (Å²) < 4.78 is 11.2. The molecule has 0 amide bonds. The smallest absolute Gasteiger partial charge is 0.180 e. The van der Waals surface area contributed by atoms with E-state index >= 15 is 0 Å². The number of aliphatic hydroxyl groups is 1. The Kier molecular flexibility index (Phi) is 7.18. The molecule has 0 unspecified atom stereocenters. The Labute approximate surface area is 152 Å². The number of hydrogen-bond donors (Lipinski definition) is 2. The van der Waals surface area contributed by atoms with E-state index in [1.807, 2.05) is 36.4 Å². The van der Waals surface area contributed by atoms with Gasteiger partial charge in [0.15, 0.2) is 11.5 Å². The van der Waals surface area contributed by atoms with Crippen LogP contribution in [-0.4, -0.2) is 24.9 Å². The molecule has 2 rings (SSSR count). The summed E-state index contributed by atoms with van der Waals surface area (Å²) in [5.74, 6) is 1.04. The number of halogens is 2. The highest BCUT2D eigenvalue weighted by molar-refractivity contribution is 6.32. The highest BCUT2D eigenvalue weighted by atomic mass is 35.5. The molecular formula is C18H21Cl2NO3. The summed E-state index contributed by atoms with van der Waals surface area (Å²) in [4.78, 5) is 0. The molecule has 130 valence electrons. The number of hydrogen-bond acceptors (Lipinski definition) is 4. The first kappa shape index (κ1) is 18.9. The van der Waals surface area contributed by atoms with Crippen molar-refractivity contribution in [3.8, 4) is 11.5 Å². The largest absolute Gasteiger partial charge is 0.493 e. The SMILES string of the molecule is COc1cc(CNC[C@@H](C)O)cc(Cl)c1OCc1ccccc1Cl. The Hall–Kier alpha value is -1.46. The van der Waals surface area contributed by atoms with Gasteiger partial charge >= 0.3 is 0 Å². The molecule has 0 fully saturated rings. The van der Waals surface area contributed by atoms with Gasteiger partial charge in [-0.2, -0.15) is 0 Å². The van der Waals surface area contributed by atoms with Crippen LogP contribution in [0.3, 0.4) is 0 Å². The molecule has 2 aromatic rings. The zero-order valence-corrected chi connectivity index (χ0v) is 15.2. The third kappa shape index (κ3) is 5.28. The Morgan fingerprint density at radius 2 is 1.92 bits per heavy atom.